The summed E-state index contributed by atoms with van der Waals surface area (Å²) >= 11 is 4.13. The first kappa shape index (κ1) is 6.39. The van der Waals surface area contributed by atoms with Gasteiger partial charge in [0.15, 0.2) is 0 Å². The summed E-state index contributed by atoms with van der Waals surface area (Å²) in [6.07, 6.45) is 0.511. The van der Waals surface area contributed by atoms with E-state index in [0.717, 1.165) is 13.0 Å². The molecular weight excluding hydrogens is 124 g/mol. The number of hydrogen-bond donors (Lipinski definition) is 2. The zero-order valence-corrected chi connectivity index (χ0v) is 5.47. The molecule has 48 valence electrons. The number of thiol groups is 1. The van der Waals surface area contributed by atoms with Crippen molar-refractivity contribution in [1.82, 2.24) is 0 Å². The van der Waals surface area contributed by atoms with Crippen LogP contribution in [0, 0.1) is 0 Å². The molecule has 0 bridgehead atoms. The minimum absolute atomic E-state index is 0.128. The summed E-state index contributed by atoms with van der Waals surface area (Å²) in [7, 11) is 0. The van der Waals surface area contributed by atoms with Crippen molar-refractivity contribution in [2.45, 2.75) is 17.8 Å². The number of hydrogen-bond acceptors (Lipinski definition) is 3. The van der Waals surface area contributed by atoms with Gasteiger partial charge in [-0.2, -0.15) is 12.6 Å². The lowest BCUT2D eigenvalue weighted by Gasteiger charge is -2.22. The van der Waals surface area contributed by atoms with Crippen molar-refractivity contribution < 1.29 is 9.84 Å². The SMILES string of the molecule is O[C@@H]1COCC[C@H]1S. The Hall–Kier alpha value is 0.270. The standard InChI is InChI=1S/C5H10O2S/c6-4-3-7-2-1-5(4)8/h4-6,8H,1-3H2/t4-,5-/m1/s1. The quantitative estimate of drug-likeness (QED) is 0.459. The molecule has 1 saturated heterocycles. The number of aliphatic hydroxyl groups is 1. The molecule has 1 rings (SSSR count). The lowest BCUT2D eigenvalue weighted by Crippen LogP contribution is -2.32. The molecule has 2 atom stereocenters. The van der Waals surface area contributed by atoms with Crippen LogP contribution in [0.3, 0.4) is 0 Å². The van der Waals surface area contributed by atoms with E-state index in [1.807, 2.05) is 0 Å². The highest BCUT2D eigenvalue weighted by atomic mass is 32.1. The fourth-order valence-corrected chi connectivity index (χ4v) is 0.903. The predicted molar refractivity (Wildman–Crippen MR) is 34.2 cm³/mol. The normalized spacial score (nSPS) is 39.8. The molecule has 1 fully saturated rings. The van der Waals surface area contributed by atoms with Gasteiger partial charge in [-0.15, -0.1) is 0 Å². The molecule has 2 nitrogen and oxygen atoms in total. The molecule has 8 heavy (non-hydrogen) atoms. The highest BCUT2D eigenvalue weighted by Crippen LogP contribution is 2.12. The zero-order valence-electron chi connectivity index (χ0n) is 4.58. The van der Waals surface area contributed by atoms with E-state index in [1.165, 1.54) is 0 Å². The third-order valence-corrected chi connectivity index (χ3v) is 1.89. The molecule has 0 unspecified atom stereocenters. The second kappa shape index (κ2) is 2.71. The molecular formula is C5H10O2S. The minimum Gasteiger partial charge on any atom is -0.390 e. The van der Waals surface area contributed by atoms with E-state index >= 15 is 0 Å². The second-order valence-electron chi connectivity index (χ2n) is 2.00. The van der Waals surface area contributed by atoms with E-state index in [9.17, 15) is 0 Å². The Kier molecular flexibility index (Phi) is 2.16. The van der Waals surface area contributed by atoms with Crippen LogP contribution in [0.4, 0.5) is 0 Å². The van der Waals surface area contributed by atoms with Crippen molar-refractivity contribution in [1.29, 1.82) is 0 Å². The molecule has 3 heteroatoms. The first-order chi connectivity index (χ1) is 3.80. The van der Waals surface area contributed by atoms with Crippen LogP contribution in [0.5, 0.6) is 0 Å². The van der Waals surface area contributed by atoms with E-state index in [-0.39, 0.29) is 11.4 Å². The van der Waals surface area contributed by atoms with Gasteiger partial charge in [-0.05, 0) is 6.42 Å². The van der Waals surface area contributed by atoms with Crippen LogP contribution < -0.4 is 0 Å². The van der Waals surface area contributed by atoms with Crippen LogP contribution in [-0.4, -0.2) is 29.7 Å². The molecule has 1 aliphatic heterocycles. The van der Waals surface area contributed by atoms with Crippen LogP contribution in [-0.2, 0) is 4.74 Å². The average molecular weight is 134 g/mol. The van der Waals surface area contributed by atoms with Gasteiger partial charge in [0.1, 0.15) is 0 Å². The summed E-state index contributed by atoms with van der Waals surface area (Å²) in [6.45, 7) is 1.19. The number of ether oxygens (including phenoxy) is 1. The topological polar surface area (TPSA) is 29.5 Å². The molecule has 0 aromatic heterocycles. The Morgan fingerprint density at radius 2 is 2.38 bits per heavy atom. The molecule has 0 aliphatic carbocycles. The van der Waals surface area contributed by atoms with E-state index < -0.39 is 0 Å². The molecule has 0 aromatic rings. The van der Waals surface area contributed by atoms with Gasteiger partial charge in [0, 0.05) is 11.9 Å². The van der Waals surface area contributed by atoms with Crippen LogP contribution in [0.25, 0.3) is 0 Å². The van der Waals surface area contributed by atoms with E-state index in [1.54, 1.807) is 0 Å². The number of rotatable bonds is 0. The van der Waals surface area contributed by atoms with Crippen LogP contribution in [0.15, 0.2) is 0 Å². The van der Waals surface area contributed by atoms with Crippen molar-refractivity contribution in [3.63, 3.8) is 0 Å². The maximum absolute atomic E-state index is 8.98. The molecule has 1 aliphatic rings. The molecule has 0 aromatic carbocycles. The van der Waals surface area contributed by atoms with Gasteiger partial charge in [-0.1, -0.05) is 0 Å². The third kappa shape index (κ3) is 1.37. The van der Waals surface area contributed by atoms with E-state index in [2.05, 4.69) is 12.6 Å². The van der Waals surface area contributed by atoms with Gasteiger partial charge >= 0.3 is 0 Å². The molecule has 1 N–H and O–H groups in total. The summed E-state index contributed by atoms with van der Waals surface area (Å²) in [5.74, 6) is 0. The molecule has 0 saturated carbocycles. The van der Waals surface area contributed by atoms with Gasteiger partial charge in [0.2, 0.25) is 0 Å². The van der Waals surface area contributed by atoms with Gasteiger partial charge in [-0.25, -0.2) is 0 Å². The third-order valence-electron chi connectivity index (χ3n) is 1.29. The predicted octanol–water partition coefficient (Wildman–Crippen LogP) is 0.0660. The van der Waals surface area contributed by atoms with Crippen molar-refractivity contribution in [3.05, 3.63) is 0 Å². The highest BCUT2D eigenvalue weighted by molar-refractivity contribution is 7.81. The monoisotopic (exact) mass is 134 g/mol. The fourth-order valence-electron chi connectivity index (χ4n) is 0.712. The zero-order chi connectivity index (χ0) is 5.98. The summed E-state index contributed by atoms with van der Waals surface area (Å²) < 4.78 is 4.95. The van der Waals surface area contributed by atoms with Crippen molar-refractivity contribution in [2.24, 2.45) is 0 Å². The lowest BCUT2D eigenvalue weighted by atomic mass is 10.2. The van der Waals surface area contributed by atoms with Crippen LogP contribution in [0.2, 0.25) is 0 Å². The Bertz CT molecular complexity index is 66.8. The molecule has 0 spiro atoms. The van der Waals surface area contributed by atoms with Crippen LogP contribution >= 0.6 is 12.6 Å². The second-order valence-corrected chi connectivity index (χ2v) is 2.66. The van der Waals surface area contributed by atoms with Gasteiger partial charge in [0.25, 0.3) is 0 Å². The Labute approximate surface area is 54.3 Å². The first-order valence-electron chi connectivity index (χ1n) is 2.74. The summed E-state index contributed by atoms with van der Waals surface area (Å²) in [5.41, 5.74) is 0. The molecule has 0 radical (unpaired) electrons. The smallest absolute Gasteiger partial charge is 0.0890 e. The number of aliphatic hydroxyl groups excluding tert-OH is 1. The first-order valence-corrected chi connectivity index (χ1v) is 3.26. The summed E-state index contributed by atoms with van der Waals surface area (Å²) in [6, 6.07) is 0. The average Bonchev–Trinajstić information content (AvgIpc) is 1.77. The van der Waals surface area contributed by atoms with Gasteiger partial charge in [0.05, 0.1) is 12.7 Å². The lowest BCUT2D eigenvalue weighted by molar-refractivity contribution is -0.000284. The van der Waals surface area contributed by atoms with Crippen LogP contribution in [0.1, 0.15) is 6.42 Å². The van der Waals surface area contributed by atoms with E-state index in [0.29, 0.717) is 6.61 Å². The maximum atomic E-state index is 8.98. The Balaban J connectivity index is 2.28. The summed E-state index contributed by atoms with van der Waals surface area (Å²) in [4.78, 5) is 0. The van der Waals surface area contributed by atoms with Gasteiger partial charge < -0.3 is 9.84 Å². The molecule has 0 amide bonds. The fraction of sp³-hybridized carbons (Fsp3) is 1.00. The van der Waals surface area contributed by atoms with Crippen molar-refractivity contribution in [2.75, 3.05) is 13.2 Å². The minimum atomic E-state index is -0.355. The van der Waals surface area contributed by atoms with E-state index in [4.69, 9.17) is 9.84 Å². The van der Waals surface area contributed by atoms with Crippen molar-refractivity contribution >= 4 is 12.6 Å². The van der Waals surface area contributed by atoms with Gasteiger partial charge in [-0.3, -0.25) is 0 Å². The largest absolute Gasteiger partial charge is 0.390 e. The Morgan fingerprint density at radius 3 is 2.75 bits per heavy atom. The Morgan fingerprint density at radius 1 is 1.62 bits per heavy atom. The highest BCUT2D eigenvalue weighted by Gasteiger charge is 2.19. The summed E-state index contributed by atoms with van der Waals surface area (Å²) in [5, 5.41) is 9.10. The maximum Gasteiger partial charge on any atom is 0.0890 e. The molecule has 1 heterocycles. The van der Waals surface area contributed by atoms with Crippen molar-refractivity contribution in [3.8, 4) is 0 Å².